The van der Waals surface area contributed by atoms with Crippen LogP contribution in [0, 0.1) is 10.1 Å². The topological polar surface area (TPSA) is 80.4 Å². The number of nitro groups is 1. The van der Waals surface area contributed by atoms with Gasteiger partial charge in [-0.2, -0.15) is 0 Å². The number of carbonyl (C=O) groups is 1. The molecule has 1 aliphatic rings. The van der Waals surface area contributed by atoms with Gasteiger partial charge in [0.15, 0.2) is 0 Å². The molecule has 1 fully saturated rings. The summed E-state index contributed by atoms with van der Waals surface area (Å²) >= 11 is 0. The average molecular weight is 280 g/mol. The van der Waals surface area contributed by atoms with Crippen LogP contribution in [0.4, 0.5) is 5.69 Å². The van der Waals surface area contributed by atoms with Gasteiger partial charge in [-0.25, -0.2) is 0 Å². The third-order valence-corrected chi connectivity index (χ3v) is 3.79. The maximum absolute atomic E-state index is 12.5. The predicted molar refractivity (Wildman–Crippen MR) is 74.7 cm³/mol. The molecule has 0 saturated carbocycles. The first-order chi connectivity index (χ1) is 9.54. The summed E-state index contributed by atoms with van der Waals surface area (Å²) in [7, 11) is 1.76. The summed E-state index contributed by atoms with van der Waals surface area (Å²) in [6.45, 7) is 4.15. The summed E-state index contributed by atoms with van der Waals surface area (Å²) in [6.07, 6.45) is 3.42. The molecule has 2 heterocycles. The summed E-state index contributed by atoms with van der Waals surface area (Å²) in [5, 5.41) is 14.1. The van der Waals surface area contributed by atoms with E-state index in [-0.39, 0.29) is 17.6 Å². The molecule has 20 heavy (non-hydrogen) atoms. The summed E-state index contributed by atoms with van der Waals surface area (Å²) in [6, 6.07) is 1.51. The second-order valence-corrected chi connectivity index (χ2v) is 5.04. The predicted octanol–water partition coefficient (Wildman–Crippen LogP) is 1.24. The Morgan fingerprint density at radius 3 is 2.95 bits per heavy atom. The average Bonchev–Trinajstić information content (AvgIpc) is 2.91. The first-order valence-corrected chi connectivity index (χ1v) is 6.87. The maximum atomic E-state index is 12.5. The molecule has 7 nitrogen and oxygen atoms in total. The number of nitrogens with one attached hydrogen (secondary N) is 1. The maximum Gasteiger partial charge on any atom is 0.287 e. The molecule has 0 spiro atoms. The first-order valence-electron chi connectivity index (χ1n) is 6.87. The summed E-state index contributed by atoms with van der Waals surface area (Å²) in [5.74, 6) is -0.159. The first kappa shape index (κ1) is 14.5. The number of hydrogen-bond donors (Lipinski definition) is 1. The Morgan fingerprint density at radius 1 is 1.65 bits per heavy atom. The van der Waals surface area contributed by atoms with Crippen molar-refractivity contribution in [2.75, 3.05) is 20.1 Å². The zero-order valence-corrected chi connectivity index (χ0v) is 11.8. The molecule has 1 atom stereocenters. The van der Waals surface area contributed by atoms with Gasteiger partial charge in [-0.15, -0.1) is 0 Å². The standard InChI is InChI=1S/C13H20N4O3/c1-3-16-9-11(17(19)20)7-12(16)13(18)15(2)10-5-4-6-14-8-10/h7,9-10,14H,3-6,8H2,1-2H3. The van der Waals surface area contributed by atoms with Crippen LogP contribution in [0.5, 0.6) is 0 Å². The molecule has 1 amide bonds. The molecule has 0 aliphatic carbocycles. The highest BCUT2D eigenvalue weighted by Crippen LogP contribution is 2.19. The van der Waals surface area contributed by atoms with Crippen LogP contribution in [0.15, 0.2) is 12.3 Å². The molecule has 1 unspecified atom stereocenters. The molecule has 0 bridgehead atoms. The van der Waals surface area contributed by atoms with Crippen molar-refractivity contribution in [1.29, 1.82) is 0 Å². The Morgan fingerprint density at radius 2 is 2.40 bits per heavy atom. The molecule has 1 aromatic rings. The molecule has 1 N–H and O–H groups in total. The molecular formula is C13H20N4O3. The lowest BCUT2D eigenvalue weighted by atomic mass is 10.1. The van der Waals surface area contributed by atoms with Gasteiger partial charge in [-0.3, -0.25) is 14.9 Å². The SMILES string of the molecule is CCn1cc([N+](=O)[O-])cc1C(=O)N(C)C1CCCNC1. The molecular weight excluding hydrogens is 260 g/mol. The third-order valence-electron chi connectivity index (χ3n) is 3.79. The van der Waals surface area contributed by atoms with Gasteiger partial charge in [-0.05, 0) is 26.3 Å². The fraction of sp³-hybridized carbons (Fsp3) is 0.615. The van der Waals surface area contributed by atoms with Crippen molar-refractivity contribution in [3.8, 4) is 0 Å². The van der Waals surface area contributed by atoms with Crippen molar-refractivity contribution >= 4 is 11.6 Å². The molecule has 0 radical (unpaired) electrons. The van der Waals surface area contributed by atoms with Crippen LogP contribution >= 0.6 is 0 Å². The van der Waals surface area contributed by atoms with Crippen LogP contribution in [-0.4, -0.2) is 46.5 Å². The number of piperidine rings is 1. The zero-order chi connectivity index (χ0) is 14.7. The number of likely N-dealkylation sites (N-methyl/N-ethyl adjacent to an activating group) is 1. The van der Waals surface area contributed by atoms with Crippen molar-refractivity contribution in [2.45, 2.75) is 32.4 Å². The van der Waals surface area contributed by atoms with Gasteiger partial charge in [0.25, 0.3) is 11.6 Å². The Balaban J connectivity index is 2.20. The zero-order valence-electron chi connectivity index (χ0n) is 11.8. The van der Waals surface area contributed by atoms with Crippen LogP contribution < -0.4 is 5.32 Å². The number of amides is 1. The lowest BCUT2D eigenvalue weighted by Crippen LogP contribution is -2.47. The van der Waals surface area contributed by atoms with Crippen LogP contribution in [0.1, 0.15) is 30.3 Å². The van der Waals surface area contributed by atoms with Gasteiger partial charge in [0.1, 0.15) is 5.69 Å². The van der Waals surface area contributed by atoms with E-state index in [2.05, 4.69) is 5.32 Å². The number of rotatable bonds is 4. The van der Waals surface area contributed by atoms with Crippen molar-refractivity contribution in [3.05, 3.63) is 28.1 Å². The fourth-order valence-electron chi connectivity index (χ4n) is 2.55. The van der Waals surface area contributed by atoms with Crippen LogP contribution in [0.2, 0.25) is 0 Å². The molecule has 2 rings (SSSR count). The smallest absolute Gasteiger partial charge is 0.287 e. The third kappa shape index (κ3) is 2.82. The van der Waals surface area contributed by atoms with E-state index in [0.29, 0.717) is 12.2 Å². The van der Waals surface area contributed by atoms with E-state index < -0.39 is 4.92 Å². The van der Waals surface area contributed by atoms with E-state index in [4.69, 9.17) is 0 Å². The van der Waals surface area contributed by atoms with Crippen molar-refractivity contribution in [3.63, 3.8) is 0 Å². The molecule has 7 heteroatoms. The Bertz CT molecular complexity index is 506. The van der Waals surface area contributed by atoms with Gasteiger partial charge in [-0.1, -0.05) is 0 Å². The van der Waals surface area contributed by atoms with Crippen LogP contribution in [0.25, 0.3) is 0 Å². The quantitative estimate of drug-likeness (QED) is 0.664. The number of carbonyl (C=O) groups excluding carboxylic acids is 1. The number of nitrogens with zero attached hydrogens (tertiary/aromatic N) is 3. The molecule has 0 aromatic carbocycles. The Labute approximate surface area is 117 Å². The van der Waals surface area contributed by atoms with Crippen LogP contribution in [0.3, 0.4) is 0 Å². The highest BCUT2D eigenvalue weighted by atomic mass is 16.6. The fourth-order valence-corrected chi connectivity index (χ4v) is 2.55. The lowest BCUT2D eigenvalue weighted by Gasteiger charge is -2.31. The van der Waals surface area contributed by atoms with Crippen molar-refractivity contribution in [1.82, 2.24) is 14.8 Å². The lowest BCUT2D eigenvalue weighted by molar-refractivity contribution is -0.384. The van der Waals surface area contributed by atoms with E-state index in [1.165, 1.54) is 12.3 Å². The van der Waals surface area contributed by atoms with Gasteiger partial charge >= 0.3 is 0 Å². The molecule has 1 aliphatic heterocycles. The van der Waals surface area contributed by atoms with E-state index >= 15 is 0 Å². The molecule has 110 valence electrons. The normalized spacial score (nSPS) is 18.8. The minimum Gasteiger partial charge on any atom is -0.337 e. The van der Waals surface area contributed by atoms with E-state index in [1.807, 2.05) is 6.92 Å². The van der Waals surface area contributed by atoms with Crippen molar-refractivity contribution < 1.29 is 9.72 Å². The Kier molecular flexibility index (Phi) is 4.39. The van der Waals surface area contributed by atoms with Gasteiger partial charge in [0, 0.05) is 32.2 Å². The Hall–Kier alpha value is -1.89. The number of hydrogen-bond acceptors (Lipinski definition) is 4. The van der Waals surface area contributed by atoms with E-state index in [1.54, 1.807) is 16.5 Å². The van der Waals surface area contributed by atoms with E-state index in [9.17, 15) is 14.9 Å². The highest BCUT2D eigenvalue weighted by molar-refractivity contribution is 5.93. The minimum atomic E-state index is -0.467. The summed E-state index contributed by atoms with van der Waals surface area (Å²) < 4.78 is 1.63. The van der Waals surface area contributed by atoms with Gasteiger partial charge in [0.2, 0.25) is 0 Å². The van der Waals surface area contributed by atoms with Gasteiger partial charge < -0.3 is 14.8 Å². The number of aryl methyl sites for hydroxylation is 1. The summed E-state index contributed by atoms with van der Waals surface area (Å²) in [5.41, 5.74) is 0.345. The second-order valence-electron chi connectivity index (χ2n) is 5.04. The minimum absolute atomic E-state index is 0.0367. The van der Waals surface area contributed by atoms with Gasteiger partial charge in [0.05, 0.1) is 11.1 Å². The van der Waals surface area contributed by atoms with Crippen molar-refractivity contribution in [2.24, 2.45) is 0 Å². The monoisotopic (exact) mass is 280 g/mol. The summed E-state index contributed by atoms with van der Waals surface area (Å²) in [4.78, 5) is 24.6. The number of aromatic nitrogens is 1. The van der Waals surface area contributed by atoms with Crippen LogP contribution in [-0.2, 0) is 6.54 Å². The molecule has 1 saturated heterocycles. The van der Waals surface area contributed by atoms with E-state index in [0.717, 1.165) is 25.9 Å². The second kappa shape index (κ2) is 6.04. The molecule has 1 aromatic heterocycles. The largest absolute Gasteiger partial charge is 0.337 e. The highest BCUT2D eigenvalue weighted by Gasteiger charge is 2.26.